The second-order valence-electron chi connectivity index (χ2n) is 4.14. The first kappa shape index (κ1) is 15.2. The predicted octanol–water partition coefficient (Wildman–Crippen LogP) is 1.75. The third-order valence-electron chi connectivity index (χ3n) is 2.83. The lowest BCUT2D eigenvalue weighted by molar-refractivity contribution is 0.0492. The standard InChI is InChI=1S/C11H14Cl2N2O3S/c12-8-2-1-7(5-9(8)13)11-10(15-19(16)17)6-14-3-4-18-11/h1-2,5,10-11,14-15H,3-4,6H2,(H,16,17)/t10-,11+/m0/s1. The van der Waals surface area contributed by atoms with Crippen LogP contribution in [0.1, 0.15) is 11.7 Å². The van der Waals surface area contributed by atoms with Gasteiger partial charge in [0.1, 0.15) is 6.10 Å². The van der Waals surface area contributed by atoms with E-state index in [1.54, 1.807) is 18.2 Å². The minimum Gasteiger partial charge on any atom is -0.370 e. The molecule has 0 aromatic heterocycles. The fourth-order valence-electron chi connectivity index (χ4n) is 1.99. The zero-order valence-corrected chi connectivity index (χ0v) is 12.3. The second-order valence-corrected chi connectivity index (χ2v) is 5.69. The summed E-state index contributed by atoms with van der Waals surface area (Å²) in [5.74, 6) is 0. The lowest BCUT2D eigenvalue weighted by Crippen LogP contribution is -2.42. The van der Waals surface area contributed by atoms with Gasteiger partial charge in [-0.2, -0.15) is 0 Å². The summed E-state index contributed by atoms with van der Waals surface area (Å²) in [6.45, 7) is 1.73. The van der Waals surface area contributed by atoms with Gasteiger partial charge in [-0.25, -0.2) is 8.93 Å². The van der Waals surface area contributed by atoms with Crippen molar-refractivity contribution in [2.45, 2.75) is 12.1 Å². The molecule has 3 N–H and O–H groups in total. The van der Waals surface area contributed by atoms with Crippen LogP contribution in [0.25, 0.3) is 0 Å². The Hall–Kier alpha value is -0.210. The molecule has 0 amide bonds. The lowest BCUT2D eigenvalue weighted by atomic mass is 10.0. The van der Waals surface area contributed by atoms with Crippen LogP contribution in [0.2, 0.25) is 10.0 Å². The van der Waals surface area contributed by atoms with E-state index in [1.807, 2.05) is 0 Å². The molecule has 1 aromatic rings. The number of nitrogens with one attached hydrogen (secondary N) is 2. The molecule has 1 aromatic carbocycles. The predicted molar refractivity (Wildman–Crippen MR) is 75.7 cm³/mol. The number of hydrogen-bond acceptors (Lipinski definition) is 3. The highest BCUT2D eigenvalue weighted by molar-refractivity contribution is 7.77. The van der Waals surface area contributed by atoms with Gasteiger partial charge in [-0.15, -0.1) is 0 Å². The molecule has 5 nitrogen and oxygen atoms in total. The number of halogens is 2. The van der Waals surface area contributed by atoms with E-state index in [0.717, 1.165) is 5.56 Å². The third kappa shape index (κ3) is 4.13. The average Bonchev–Trinajstić information content (AvgIpc) is 2.57. The molecule has 3 atom stereocenters. The van der Waals surface area contributed by atoms with Gasteiger partial charge in [-0.1, -0.05) is 29.3 Å². The van der Waals surface area contributed by atoms with Crippen LogP contribution in [-0.2, 0) is 16.0 Å². The van der Waals surface area contributed by atoms with Gasteiger partial charge in [-0.05, 0) is 17.7 Å². The summed E-state index contributed by atoms with van der Waals surface area (Å²) in [5.41, 5.74) is 0.820. The molecule has 1 fully saturated rings. The Balaban J connectivity index is 2.25. The Bertz CT molecular complexity index is 475. The van der Waals surface area contributed by atoms with E-state index >= 15 is 0 Å². The minimum atomic E-state index is -2.10. The first-order valence-corrected chi connectivity index (χ1v) is 7.58. The van der Waals surface area contributed by atoms with E-state index in [1.165, 1.54) is 0 Å². The molecule has 1 aliphatic rings. The van der Waals surface area contributed by atoms with Gasteiger partial charge in [0.05, 0.1) is 22.7 Å². The van der Waals surface area contributed by atoms with Crippen LogP contribution in [0.15, 0.2) is 18.2 Å². The molecule has 1 unspecified atom stereocenters. The van der Waals surface area contributed by atoms with Crippen molar-refractivity contribution in [2.24, 2.45) is 0 Å². The van der Waals surface area contributed by atoms with Gasteiger partial charge in [0.15, 0.2) is 0 Å². The maximum atomic E-state index is 10.9. The first-order valence-electron chi connectivity index (χ1n) is 5.72. The van der Waals surface area contributed by atoms with Crippen LogP contribution >= 0.6 is 23.2 Å². The maximum Gasteiger partial charge on any atom is 0.232 e. The van der Waals surface area contributed by atoms with Crippen molar-refractivity contribution in [2.75, 3.05) is 19.7 Å². The molecular formula is C11H14Cl2N2O3S. The molecule has 1 saturated heterocycles. The van der Waals surface area contributed by atoms with Crippen molar-refractivity contribution < 1.29 is 13.5 Å². The summed E-state index contributed by atoms with van der Waals surface area (Å²) >= 11 is 9.77. The molecule has 19 heavy (non-hydrogen) atoms. The summed E-state index contributed by atoms with van der Waals surface area (Å²) in [5, 5.41) is 4.04. The number of benzene rings is 1. The molecule has 0 spiro atoms. The molecule has 2 rings (SSSR count). The monoisotopic (exact) mass is 324 g/mol. The van der Waals surface area contributed by atoms with Gasteiger partial charge < -0.3 is 10.1 Å². The Labute approximate surface area is 124 Å². The summed E-state index contributed by atoms with van der Waals surface area (Å²) in [6, 6.07) is 4.88. The van der Waals surface area contributed by atoms with Crippen LogP contribution in [0, 0.1) is 0 Å². The fourth-order valence-corrected chi connectivity index (χ4v) is 2.76. The molecule has 8 heteroatoms. The van der Waals surface area contributed by atoms with E-state index in [-0.39, 0.29) is 12.1 Å². The zero-order chi connectivity index (χ0) is 13.8. The third-order valence-corrected chi connectivity index (χ3v) is 4.07. The minimum absolute atomic E-state index is 0.328. The molecule has 0 aliphatic carbocycles. The van der Waals surface area contributed by atoms with Gasteiger partial charge >= 0.3 is 0 Å². The molecule has 0 bridgehead atoms. The van der Waals surface area contributed by atoms with Gasteiger partial charge in [-0.3, -0.25) is 4.55 Å². The van der Waals surface area contributed by atoms with Crippen molar-refractivity contribution in [3.05, 3.63) is 33.8 Å². The fraction of sp³-hybridized carbons (Fsp3) is 0.455. The highest BCUT2D eigenvalue weighted by Crippen LogP contribution is 2.29. The van der Waals surface area contributed by atoms with Crippen LogP contribution in [-0.4, -0.2) is 34.5 Å². The van der Waals surface area contributed by atoms with E-state index in [2.05, 4.69) is 10.0 Å². The molecule has 0 saturated carbocycles. The van der Waals surface area contributed by atoms with E-state index < -0.39 is 11.3 Å². The van der Waals surface area contributed by atoms with Crippen molar-refractivity contribution in [1.29, 1.82) is 0 Å². The molecule has 0 radical (unpaired) electrons. The Morgan fingerprint density at radius 1 is 1.42 bits per heavy atom. The normalized spacial score (nSPS) is 25.8. The molecule has 1 heterocycles. The molecular weight excluding hydrogens is 311 g/mol. The van der Waals surface area contributed by atoms with Gasteiger partial charge in [0.25, 0.3) is 0 Å². The highest BCUT2D eigenvalue weighted by atomic mass is 35.5. The number of hydrogen-bond donors (Lipinski definition) is 3. The number of rotatable bonds is 3. The largest absolute Gasteiger partial charge is 0.370 e. The van der Waals surface area contributed by atoms with Crippen LogP contribution in [0.5, 0.6) is 0 Å². The smallest absolute Gasteiger partial charge is 0.232 e. The lowest BCUT2D eigenvalue weighted by Gasteiger charge is -2.24. The van der Waals surface area contributed by atoms with Crippen LogP contribution in [0.4, 0.5) is 0 Å². The zero-order valence-electron chi connectivity index (χ0n) is 9.94. The van der Waals surface area contributed by atoms with E-state index in [9.17, 15) is 4.21 Å². The SMILES string of the molecule is O=S(O)N[C@H]1CNCCO[C@@H]1c1ccc(Cl)c(Cl)c1. The van der Waals surface area contributed by atoms with E-state index in [4.69, 9.17) is 32.5 Å². The van der Waals surface area contributed by atoms with Crippen LogP contribution in [0.3, 0.4) is 0 Å². The Morgan fingerprint density at radius 3 is 2.89 bits per heavy atom. The maximum absolute atomic E-state index is 10.9. The average molecular weight is 325 g/mol. The van der Waals surface area contributed by atoms with Crippen molar-refractivity contribution in [1.82, 2.24) is 10.0 Å². The summed E-state index contributed by atoms with van der Waals surface area (Å²) in [6.07, 6.45) is -0.360. The topological polar surface area (TPSA) is 70.6 Å². The Morgan fingerprint density at radius 2 is 2.21 bits per heavy atom. The second kappa shape index (κ2) is 6.99. The van der Waals surface area contributed by atoms with Gasteiger partial charge in [0, 0.05) is 13.1 Å². The Kier molecular flexibility index (Phi) is 5.58. The van der Waals surface area contributed by atoms with Crippen molar-refractivity contribution in [3.63, 3.8) is 0 Å². The molecule has 1 aliphatic heterocycles. The highest BCUT2D eigenvalue weighted by Gasteiger charge is 2.27. The van der Waals surface area contributed by atoms with Crippen molar-refractivity contribution in [3.8, 4) is 0 Å². The quantitative estimate of drug-likeness (QED) is 0.741. The summed E-state index contributed by atoms with van der Waals surface area (Å²) in [4.78, 5) is 0. The summed E-state index contributed by atoms with van der Waals surface area (Å²) < 4.78 is 28.2. The van der Waals surface area contributed by atoms with Gasteiger partial charge in [0.2, 0.25) is 11.3 Å². The van der Waals surface area contributed by atoms with E-state index in [0.29, 0.717) is 29.7 Å². The first-order chi connectivity index (χ1) is 9.08. The van der Waals surface area contributed by atoms with Crippen molar-refractivity contribution >= 4 is 34.5 Å². The summed E-state index contributed by atoms with van der Waals surface area (Å²) in [7, 11) is 0. The molecule has 106 valence electrons. The van der Waals surface area contributed by atoms with Crippen LogP contribution < -0.4 is 10.0 Å². The number of ether oxygens (including phenoxy) is 1.